The summed E-state index contributed by atoms with van der Waals surface area (Å²) in [5, 5.41) is 10.1. The molecule has 1 fully saturated rings. The number of carbonyl (C=O) groups excluding carboxylic acids is 2. The Morgan fingerprint density at radius 2 is 2.00 bits per heavy atom. The van der Waals surface area contributed by atoms with Crippen LogP contribution in [-0.2, 0) is 23.8 Å². The fourth-order valence-electron chi connectivity index (χ4n) is 2.31. The van der Waals surface area contributed by atoms with E-state index in [-0.39, 0.29) is 12.7 Å². The molecule has 0 aromatic carbocycles. The normalized spacial score (nSPS) is 29.8. The predicted octanol–water partition coefficient (Wildman–Crippen LogP) is 1.19. The summed E-state index contributed by atoms with van der Waals surface area (Å²) in [6, 6.07) is 0. The van der Waals surface area contributed by atoms with E-state index in [2.05, 4.69) is 6.92 Å². The Labute approximate surface area is 119 Å². The number of hydrogen-bond donors (Lipinski definition) is 1. The first kappa shape index (κ1) is 16.9. The second-order valence-corrected chi connectivity index (χ2v) is 5.12. The number of carbonyl (C=O) groups is 2. The molecule has 0 bridgehead atoms. The van der Waals surface area contributed by atoms with Gasteiger partial charge in [-0.2, -0.15) is 0 Å². The number of ether oxygens (including phenoxy) is 3. The zero-order chi connectivity index (χ0) is 15.1. The lowest BCUT2D eigenvalue weighted by Gasteiger charge is -2.38. The second-order valence-electron chi connectivity index (χ2n) is 5.12. The third kappa shape index (κ3) is 5.46. The average Bonchev–Trinajstić information content (AvgIpc) is 2.37. The Morgan fingerprint density at radius 3 is 2.55 bits per heavy atom. The molecule has 0 amide bonds. The average molecular weight is 288 g/mol. The van der Waals surface area contributed by atoms with E-state index in [1.54, 1.807) is 0 Å². The first-order valence-corrected chi connectivity index (χ1v) is 7.08. The molecule has 1 heterocycles. The molecule has 116 valence electrons. The summed E-state index contributed by atoms with van der Waals surface area (Å²) in [6.45, 7) is 4.66. The number of rotatable bonds is 6. The predicted molar refractivity (Wildman–Crippen MR) is 71.0 cm³/mol. The van der Waals surface area contributed by atoms with Gasteiger partial charge in [-0.05, 0) is 6.42 Å². The van der Waals surface area contributed by atoms with Crippen LogP contribution in [0.15, 0.2) is 0 Å². The van der Waals surface area contributed by atoms with Crippen LogP contribution in [0.25, 0.3) is 0 Å². The van der Waals surface area contributed by atoms with E-state index in [1.807, 2.05) is 0 Å². The molecule has 0 aliphatic carbocycles. The molecular weight excluding hydrogens is 264 g/mol. The molecule has 0 aromatic heterocycles. The standard InChI is InChI=1S/C14H24O6/c1-4-5-6-11-7-12(19-10(3)16)14(17)13(20-11)8-18-9(2)15/h11-14,17H,4-8H2,1-3H3. The molecule has 1 aliphatic heterocycles. The largest absolute Gasteiger partial charge is 0.463 e. The van der Waals surface area contributed by atoms with E-state index in [9.17, 15) is 14.7 Å². The summed E-state index contributed by atoms with van der Waals surface area (Å²) in [5.74, 6) is -0.864. The van der Waals surface area contributed by atoms with E-state index in [0.29, 0.717) is 6.42 Å². The fourth-order valence-corrected chi connectivity index (χ4v) is 2.31. The Morgan fingerprint density at radius 1 is 1.30 bits per heavy atom. The molecule has 1 aliphatic rings. The molecule has 1 saturated heterocycles. The van der Waals surface area contributed by atoms with E-state index in [4.69, 9.17) is 14.2 Å². The Hall–Kier alpha value is -1.14. The molecule has 6 nitrogen and oxygen atoms in total. The van der Waals surface area contributed by atoms with Gasteiger partial charge < -0.3 is 19.3 Å². The van der Waals surface area contributed by atoms with Gasteiger partial charge >= 0.3 is 11.9 Å². The van der Waals surface area contributed by atoms with Crippen molar-refractivity contribution in [3.8, 4) is 0 Å². The van der Waals surface area contributed by atoms with Gasteiger partial charge in [-0.25, -0.2) is 0 Å². The number of hydrogen-bond acceptors (Lipinski definition) is 6. The molecule has 0 radical (unpaired) electrons. The summed E-state index contributed by atoms with van der Waals surface area (Å²) in [6.07, 6.45) is 1.000. The highest BCUT2D eigenvalue weighted by molar-refractivity contribution is 5.66. The van der Waals surface area contributed by atoms with Crippen LogP contribution in [0.3, 0.4) is 0 Å². The Bertz CT molecular complexity index is 330. The third-order valence-electron chi connectivity index (χ3n) is 3.27. The van der Waals surface area contributed by atoms with Crippen LogP contribution in [0.1, 0.15) is 46.5 Å². The van der Waals surface area contributed by atoms with Crippen LogP contribution < -0.4 is 0 Å². The van der Waals surface area contributed by atoms with Crippen molar-refractivity contribution in [2.24, 2.45) is 0 Å². The smallest absolute Gasteiger partial charge is 0.302 e. The van der Waals surface area contributed by atoms with E-state index < -0.39 is 30.3 Å². The van der Waals surface area contributed by atoms with Crippen molar-refractivity contribution in [1.29, 1.82) is 0 Å². The highest BCUT2D eigenvalue weighted by Gasteiger charge is 2.39. The van der Waals surface area contributed by atoms with Crippen molar-refractivity contribution in [1.82, 2.24) is 0 Å². The molecule has 4 unspecified atom stereocenters. The van der Waals surface area contributed by atoms with Crippen LogP contribution in [0.2, 0.25) is 0 Å². The van der Waals surface area contributed by atoms with Crippen molar-refractivity contribution >= 4 is 11.9 Å². The van der Waals surface area contributed by atoms with E-state index in [0.717, 1.165) is 19.3 Å². The maximum absolute atomic E-state index is 11.1. The molecule has 6 heteroatoms. The first-order valence-electron chi connectivity index (χ1n) is 7.08. The van der Waals surface area contributed by atoms with Crippen LogP contribution in [0.4, 0.5) is 0 Å². The van der Waals surface area contributed by atoms with Crippen molar-refractivity contribution in [3.05, 3.63) is 0 Å². The van der Waals surface area contributed by atoms with Gasteiger partial charge in [0.05, 0.1) is 6.10 Å². The lowest BCUT2D eigenvalue weighted by molar-refractivity contribution is -0.203. The van der Waals surface area contributed by atoms with Crippen LogP contribution in [0, 0.1) is 0 Å². The second kappa shape index (κ2) is 8.21. The highest BCUT2D eigenvalue weighted by atomic mass is 16.6. The maximum atomic E-state index is 11.1. The monoisotopic (exact) mass is 288 g/mol. The van der Waals surface area contributed by atoms with Gasteiger partial charge in [0.2, 0.25) is 0 Å². The third-order valence-corrected chi connectivity index (χ3v) is 3.27. The summed E-state index contributed by atoms with van der Waals surface area (Å²) in [7, 11) is 0. The fraction of sp³-hybridized carbons (Fsp3) is 0.857. The summed E-state index contributed by atoms with van der Waals surface area (Å²) < 4.78 is 15.8. The minimum Gasteiger partial charge on any atom is -0.463 e. The highest BCUT2D eigenvalue weighted by Crippen LogP contribution is 2.26. The molecule has 0 spiro atoms. The van der Waals surface area contributed by atoms with E-state index in [1.165, 1.54) is 13.8 Å². The van der Waals surface area contributed by atoms with Crippen LogP contribution >= 0.6 is 0 Å². The molecule has 20 heavy (non-hydrogen) atoms. The molecule has 1 rings (SSSR count). The summed E-state index contributed by atoms with van der Waals surface area (Å²) in [5.41, 5.74) is 0. The lowest BCUT2D eigenvalue weighted by Crippen LogP contribution is -2.51. The minimum absolute atomic E-state index is 0.0309. The SMILES string of the molecule is CCCCC1CC(OC(C)=O)C(O)C(COC(C)=O)O1. The topological polar surface area (TPSA) is 82.1 Å². The quantitative estimate of drug-likeness (QED) is 0.739. The van der Waals surface area contributed by atoms with Gasteiger partial charge in [0.25, 0.3) is 0 Å². The van der Waals surface area contributed by atoms with Gasteiger partial charge in [0, 0.05) is 20.3 Å². The number of esters is 2. The van der Waals surface area contributed by atoms with Gasteiger partial charge in [0.1, 0.15) is 24.9 Å². The first-order chi connectivity index (χ1) is 9.43. The molecule has 1 N–H and O–H groups in total. The van der Waals surface area contributed by atoms with Gasteiger partial charge in [-0.15, -0.1) is 0 Å². The lowest BCUT2D eigenvalue weighted by atomic mass is 9.95. The maximum Gasteiger partial charge on any atom is 0.302 e. The van der Waals surface area contributed by atoms with Crippen molar-refractivity contribution < 1.29 is 28.9 Å². The summed E-state index contributed by atoms with van der Waals surface area (Å²) >= 11 is 0. The molecule has 4 atom stereocenters. The number of unbranched alkanes of at least 4 members (excludes halogenated alkanes) is 1. The number of aliphatic hydroxyl groups excluding tert-OH is 1. The van der Waals surface area contributed by atoms with Crippen LogP contribution in [0.5, 0.6) is 0 Å². The van der Waals surface area contributed by atoms with Crippen molar-refractivity contribution in [3.63, 3.8) is 0 Å². The Balaban J connectivity index is 2.64. The van der Waals surface area contributed by atoms with Crippen LogP contribution in [-0.4, -0.2) is 48.1 Å². The van der Waals surface area contributed by atoms with Gasteiger partial charge in [0.15, 0.2) is 0 Å². The van der Waals surface area contributed by atoms with Gasteiger partial charge in [-0.3, -0.25) is 9.59 Å². The molecular formula is C14H24O6. The minimum atomic E-state index is -0.976. The Kier molecular flexibility index (Phi) is 6.95. The van der Waals surface area contributed by atoms with Gasteiger partial charge in [-0.1, -0.05) is 19.8 Å². The molecule has 0 saturated carbocycles. The number of aliphatic hydroxyl groups is 1. The van der Waals surface area contributed by atoms with E-state index >= 15 is 0 Å². The zero-order valence-corrected chi connectivity index (χ0v) is 12.3. The molecule has 0 aromatic rings. The van der Waals surface area contributed by atoms with Crippen molar-refractivity contribution in [2.45, 2.75) is 70.9 Å². The zero-order valence-electron chi connectivity index (χ0n) is 12.3. The summed E-state index contributed by atoms with van der Waals surface area (Å²) in [4.78, 5) is 22.0. The van der Waals surface area contributed by atoms with Crippen molar-refractivity contribution in [2.75, 3.05) is 6.61 Å².